The standard InChI is InChI=1S/C27H26N4OS/c1-18-16-21(19(2)30(18)17-20-10-4-3-5-11-20)26-25(22-12-8-9-15-28-22)29-27(33)31(26)23-13-6-7-14-24(23)32/h3-16,25-26,32H,17H2,1-2H3,(H,29,33). The van der Waals surface area contributed by atoms with Crippen molar-refractivity contribution in [3.63, 3.8) is 0 Å². The maximum Gasteiger partial charge on any atom is 0.174 e. The average Bonchev–Trinajstić information content (AvgIpc) is 3.31. The molecule has 0 spiro atoms. The molecule has 0 amide bonds. The van der Waals surface area contributed by atoms with Crippen molar-refractivity contribution in [2.75, 3.05) is 4.90 Å². The molecule has 2 unspecified atom stereocenters. The summed E-state index contributed by atoms with van der Waals surface area (Å²) in [6, 6.07) is 25.7. The van der Waals surface area contributed by atoms with Gasteiger partial charge in [0.25, 0.3) is 0 Å². The predicted molar refractivity (Wildman–Crippen MR) is 135 cm³/mol. The van der Waals surface area contributed by atoms with E-state index in [-0.39, 0.29) is 17.8 Å². The summed E-state index contributed by atoms with van der Waals surface area (Å²) in [7, 11) is 0. The number of phenols is 1. The number of hydrogen-bond donors (Lipinski definition) is 2. The minimum atomic E-state index is -0.156. The topological polar surface area (TPSA) is 53.3 Å². The molecule has 1 aliphatic heterocycles. The minimum Gasteiger partial charge on any atom is -0.506 e. The molecule has 0 aliphatic carbocycles. The highest BCUT2D eigenvalue weighted by Crippen LogP contribution is 2.45. The number of anilines is 1. The summed E-state index contributed by atoms with van der Waals surface area (Å²) in [6.45, 7) is 5.10. The fourth-order valence-corrected chi connectivity index (χ4v) is 5.07. The van der Waals surface area contributed by atoms with E-state index in [4.69, 9.17) is 12.2 Å². The first-order valence-corrected chi connectivity index (χ1v) is 11.4. The summed E-state index contributed by atoms with van der Waals surface area (Å²) in [6.07, 6.45) is 1.80. The van der Waals surface area contributed by atoms with Crippen LogP contribution >= 0.6 is 12.2 Å². The lowest BCUT2D eigenvalue weighted by atomic mass is 9.96. The second-order valence-electron chi connectivity index (χ2n) is 8.38. The van der Waals surface area contributed by atoms with Gasteiger partial charge in [-0.1, -0.05) is 48.5 Å². The summed E-state index contributed by atoms with van der Waals surface area (Å²) < 4.78 is 2.34. The third kappa shape index (κ3) is 3.87. The Balaban J connectivity index is 1.64. The van der Waals surface area contributed by atoms with Crippen LogP contribution in [0.3, 0.4) is 0 Å². The lowest BCUT2D eigenvalue weighted by Gasteiger charge is -2.28. The number of nitrogens with zero attached hydrogens (tertiary/aromatic N) is 3. The molecule has 2 aromatic carbocycles. The number of pyridine rings is 1. The quantitative estimate of drug-likeness (QED) is 0.394. The van der Waals surface area contributed by atoms with Crippen molar-refractivity contribution in [2.45, 2.75) is 32.5 Å². The van der Waals surface area contributed by atoms with Gasteiger partial charge in [0.15, 0.2) is 5.11 Å². The van der Waals surface area contributed by atoms with Gasteiger partial charge in [0.2, 0.25) is 0 Å². The Morgan fingerprint density at radius 1 is 0.970 bits per heavy atom. The smallest absolute Gasteiger partial charge is 0.174 e. The summed E-state index contributed by atoms with van der Waals surface area (Å²) in [5.41, 5.74) is 6.37. The highest BCUT2D eigenvalue weighted by atomic mass is 32.1. The molecule has 2 aromatic heterocycles. The van der Waals surface area contributed by atoms with Crippen LogP contribution in [0.1, 0.15) is 40.3 Å². The summed E-state index contributed by atoms with van der Waals surface area (Å²) in [4.78, 5) is 6.66. The molecule has 6 heteroatoms. The van der Waals surface area contributed by atoms with E-state index in [1.54, 1.807) is 12.3 Å². The number of nitrogens with one attached hydrogen (secondary N) is 1. The first-order chi connectivity index (χ1) is 16.0. The average molecular weight is 455 g/mol. The summed E-state index contributed by atoms with van der Waals surface area (Å²) in [5, 5.41) is 14.7. The van der Waals surface area contributed by atoms with Crippen LogP contribution in [0.5, 0.6) is 5.75 Å². The zero-order chi connectivity index (χ0) is 22.9. The molecule has 1 fully saturated rings. The van der Waals surface area contributed by atoms with Crippen LogP contribution < -0.4 is 10.2 Å². The maximum atomic E-state index is 10.7. The van der Waals surface area contributed by atoms with Crippen LogP contribution in [-0.4, -0.2) is 19.8 Å². The lowest BCUT2D eigenvalue weighted by Crippen LogP contribution is -2.29. The van der Waals surface area contributed by atoms with Gasteiger partial charge in [0.1, 0.15) is 5.75 Å². The number of hydrogen-bond acceptors (Lipinski definition) is 3. The fourth-order valence-electron chi connectivity index (χ4n) is 4.73. The highest BCUT2D eigenvalue weighted by Gasteiger charge is 2.42. The second kappa shape index (κ2) is 8.71. The molecule has 3 heterocycles. The Morgan fingerprint density at radius 3 is 2.42 bits per heavy atom. The maximum absolute atomic E-state index is 10.7. The third-order valence-corrected chi connectivity index (χ3v) is 6.67. The van der Waals surface area contributed by atoms with Crippen LogP contribution in [0.15, 0.2) is 85.1 Å². The van der Waals surface area contributed by atoms with Gasteiger partial charge >= 0.3 is 0 Å². The van der Waals surface area contributed by atoms with Gasteiger partial charge in [-0.2, -0.15) is 0 Å². The monoisotopic (exact) mass is 454 g/mol. The molecule has 166 valence electrons. The van der Waals surface area contributed by atoms with Crippen molar-refractivity contribution < 1.29 is 5.11 Å². The normalized spacial score (nSPS) is 17.9. The number of benzene rings is 2. The van der Waals surface area contributed by atoms with Crippen molar-refractivity contribution in [2.24, 2.45) is 0 Å². The van der Waals surface area contributed by atoms with E-state index in [0.29, 0.717) is 10.8 Å². The van der Waals surface area contributed by atoms with Gasteiger partial charge in [0.05, 0.1) is 23.5 Å². The molecule has 33 heavy (non-hydrogen) atoms. The zero-order valence-electron chi connectivity index (χ0n) is 18.6. The molecule has 5 nitrogen and oxygen atoms in total. The van der Waals surface area contributed by atoms with Gasteiger partial charge in [-0.15, -0.1) is 0 Å². The van der Waals surface area contributed by atoms with E-state index in [1.807, 2.05) is 47.4 Å². The van der Waals surface area contributed by atoms with Crippen LogP contribution in [-0.2, 0) is 6.54 Å². The number of aryl methyl sites for hydroxylation is 1. The van der Waals surface area contributed by atoms with Crippen molar-refractivity contribution >= 4 is 23.0 Å². The molecule has 4 aromatic rings. The van der Waals surface area contributed by atoms with E-state index in [2.05, 4.69) is 59.0 Å². The minimum absolute atomic E-state index is 0.149. The fraction of sp³-hybridized carbons (Fsp3) is 0.185. The molecule has 2 N–H and O–H groups in total. The lowest BCUT2D eigenvalue weighted by molar-refractivity contribution is 0.472. The van der Waals surface area contributed by atoms with E-state index in [0.717, 1.165) is 17.8 Å². The molecule has 2 atom stereocenters. The van der Waals surface area contributed by atoms with Crippen LogP contribution in [0.4, 0.5) is 5.69 Å². The molecular weight excluding hydrogens is 428 g/mol. The highest BCUT2D eigenvalue weighted by molar-refractivity contribution is 7.80. The molecular formula is C27H26N4OS. The second-order valence-corrected chi connectivity index (χ2v) is 8.77. The number of aromatic hydroxyl groups is 1. The summed E-state index contributed by atoms with van der Waals surface area (Å²) in [5.74, 6) is 0.200. The summed E-state index contributed by atoms with van der Waals surface area (Å²) >= 11 is 5.79. The van der Waals surface area contributed by atoms with Crippen LogP contribution in [0, 0.1) is 13.8 Å². The number of aromatic nitrogens is 2. The number of para-hydroxylation sites is 2. The Hall–Kier alpha value is -3.64. The van der Waals surface area contributed by atoms with Gasteiger partial charge in [-0.05, 0) is 67.5 Å². The van der Waals surface area contributed by atoms with Gasteiger partial charge in [-0.3, -0.25) is 4.98 Å². The number of phenolic OH excluding ortho intramolecular Hbond substituents is 1. The Bertz CT molecular complexity index is 1290. The number of thiocarbonyl (C=S) groups is 1. The van der Waals surface area contributed by atoms with Gasteiger partial charge in [0, 0.05) is 24.1 Å². The first-order valence-electron chi connectivity index (χ1n) is 11.0. The Morgan fingerprint density at radius 2 is 1.70 bits per heavy atom. The van der Waals surface area contributed by atoms with E-state index >= 15 is 0 Å². The third-order valence-electron chi connectivity index (χ3n) is 6.35. The molecule has 0 saturated carbocycles. The molecule has 1 saturated heterocycles. The van der Waals surface area contributed by atoms with Crippen molar-refractivity contribution in [1.29, 1.82) is 0 Å². The predicted octanol–water partition coefficient (Wildman–Crippen LogP) is 5.43. The van der Waals surface area contributed by atoms with Gasteiger partial charge < -0.3 is 19.9 Å². The molecule has 0 bridgehead atoms. The van der Waals surface area contributed by atoms with Gasteiger partial charge in [-0.25, -0.2) is 0 Å². The molecule has 0 radical (unpaired) electrons. The number of rotatable bonds is 5. The van der Waals surface area contributed by atoms with Crippen LogP contribution in [0.25, 0.3) is 0 Å². The largest absolute Gasteiger partial charge is 0.506 e. The Kier molecular flexibility index (Phi) is 5.60. The first kappa shape index (κ1) is 21.2. The zero-order valence-corrected chi connectivity index (χ0v) is 19.5. The van der Waals surface area contributed by atoms with Crippen molar-refractivity contribution in [1.82, 2.24) is 14.9 Å². The van der Waals surface area contributed by atoms with E-state index in [9.17, 15) is 5.11 Å². The SMILES string of the molecule is Cc1cc(C2C(c3ccccn3)NC(=S)N2c2ccccc2O)c(C)n1Cc1ccccc1. The molecule has 5 rings (SSSR count). The van der Waals surface area contributed by atoms with E-state index < -0.39 is 0 Å². The van der Waals surface area contributed by atoms with Crippen molar-refractivity contribution in [3.05, 3.63) is 113 Å². The van der Waals surface area contributed by atoms with E-state index in [1.165, 1.54) is 17.0 Å². The Labute approximate surface area is 199 Å². The van der Waals surface area contributed by atoms with Crippen LogP contribution in [0.2, 0.25) is 0 Å². The molecule has 1 aliphatic rings. The van der Waals surface area contributed by atoms with Crippen molar-refractivity contribution in [3.8, 4) is 5.75 Å².